The number of benzene rings is 2. The zero-order chi connectivity index (χ0) is 12.3. The van der Waals surface area contributed by atoms with Crippen LogP contribution in [-0.2, 0) is 6.61 Å². The van der Waals surface area contributed by atoms with E-state index in [4.69, 9.17) is 11.6 Å². The van der Waals surface area contributed by atoms with Gasteiger partial charge in [0.2, 0.25) is 0 Å². The van der Waals surface area contributed by atoms with E-state index in [0.717, 1.165) is 19.8 Å². The summed E-state index contributed by atoms with van der Waals surface area (Å²) in [5, 5.41) is 9.94. The van der Waals surface area contributed by atoms with Gasteiger partial charge < -0.3 is 5.11 Å². The summed E-state index contributed by atoms with van der Waals surface area (Å²) < 4.78 is 1.04. The van der Waals surface area contributed by atoms with Crippen LogP contribution < -0.4 is 0 Å². The van der Waals surface area contributed by atoms with E-state index in [1.54, 1.807) is 17.8 Å². The molecule has 2 aromatic carbocycles. The standard InChI is InChI=1S/C13H10BrClOS/c14-10-4-1-2-6-13(10)17-12-7-3-5-11(15)9(12)8-16/h1-7,16H,8H2. The SMILES string of the molecule is OCc1c(Cl)cccc1Sc1ccccc1Br. The molecule has 2 aromatic rings. The Bertz CT molecular complexity index is 531. The first-order chi connectivity index (χ1) is 8.22. The molecule has 0 aliphatic rings. The molecule has 0 aromatic heterocycles. The summed E-state index contributed by atoms with van der Waals surface area (Å²) in [7, 11) is 0. The van der Waals surface area contributed by atoms with Gasteiger partial charge in [-0.3, -0.25) is 0 Å². The van der Waals surface area contributed by atoms with Crippen molar-refractivity contribution >= 4 is 39.3 Å². The van der Waals surface area contributed by atoms with Gasteiger partial charge in [0, 0.05) is 24.8 Å². The minimum atomic E-state index is -0.0491. The normalized spacial score (nSPS) is 10.5. The van der Waals surface area contributed by atoms with Crippen LogP contribution in [0.25, 0.3) is 0 Å². The average Bonchev–Trinajstić information content (AvgIpc) is 2.32. The highest BCUT2D eigenvalue weighted by molar-refractivity contribution is 9.10. The Morgan fingerprint density at radius 3 is 2.47 bits per heavy atom. The summed E-state index contributed by atoms with van der Waals surface area (Å²) in [4.78, 5) is 2.08. The van der Waals surface area contributed by atoms with Crippen LogP contribution in [0.2, 0.25) is 5.02 Å². The predicted octanol–water partition coefficient (Wildman–Crippen LogP) is 4.75. The highest BCUT2D eigenvalue weighted by atomic mass is 79.9. The van der Waals surface area contributed by atoms with E-state index in [9.17, 15) is 5.11 Å². The van der Waals surface area contributed by atoms with Crippen molar-refractivity contribution in [3.05, 3.63) is 57.5 Å². The molecular weight excluding hydrogens is 320 g/mol. The molecule has 0 radical (unpaired) electrons. The Labute approximate surface area is 118 Å². The molecule has 88 valence electrons. The van der Waals surface area contributed by atoms with Crippen LogP contribution in [0.1, 0.15) is 5.56 Å². The summed E-state index contributed by atoms with van der Waals surface area (Å²) >= 11 is 11.1. The smallest absolute Gasteiger partial charge is 0.0707 e. The highest BCUT2D eigenvalue weighted by Gasteiger charge is 2.08. The van der Waals surface area contributed by atoms with Gasteiger partial charge in [-0.05, 0) is 40.2 Å². The van der Waals surface area contributed by atoms with Gasteiger partial charge in [-0.15, -0.1) is 0 Å². The van der Waals surface area contributed by atoms with E-state index in [2.05, 4.69) is 15.9 Å². The number of aliphatic hydroxyl groups is 1. The molecule has 1 N–H and O–H groups in total. The minimum Gasteiger partial charge on any atom is -0.392 e. The summed E-state index contributed by atoms with van der Waals surface area (Å²) in [6.07, 6.45) is 0. The molecule has 0 atom stereocenters. The van der Waals surface area contributed by atoms with Crippen molar-refractivity contribution in [3.63, 3.8) is 0 Å². The third-order valence-corrected chi connectivity index (χ3v) is 4.78. The van der Waals surface area contributed by atoms with Gasteiger partial charge in [0.05, 0.1) is 6.61 Å². The van der Waals surface area contributed by atoms with Crippen LogP contribution in [0, 0.1) is 0 Å². The molecule has 0 spiro atoms. The predicted molar refractivity (Wildman–Crippen MR) is 75.6 cm³/mol. The Kier molecular flexibility index (Phi) is 4.51. The van der Waals surface area contributed by atoms with Crippen molar-refractivity contribution in [1.29, 1.82) is 0 Å². The van der Waals surface area contributed by atoms with Crippen molar-refractivity contribution in [3.8, 4) is 0 Å². The molecule has 0 unspecified atom stereocenters. The molecule has 0 amide bonds. The monoisotopic (exact) mass is 328 g/mol. The molecule has 17 heavy (non-hydrogen) atoms. The molecule has 0 heterocycles. The Balaban J connectivity index is 2.37. The van der Waals surface area contributed by atoms with Crippen LogP contribution in [-0.4, -0.2) is 5.11 Å². The number of hydrogen-bond acceptors (Lipinski definition) is 2. The molecule has 2 rings (SSSR count). The van der Waals surface area contributed by atoms with Crippen LogP contribution >= 0.6 is 39.3 Å². The Hall–Kier alpha value is -0.480. The van der Waals surface area contributed by atoms with Crippen LogP contribution in [0.5, 0.6) is 0 Å². The van der Waals surface area contributed by atoms with Gasteiger partial charge >= 0.3 is 0 Å². The first-order valence-corrected chi connectivity index (χ1v) is 7.01. The first kappa shape index (κ1) is 13.0. The van der Waals surface area contributed by atoms with E-state index >= 15 is 0 Å². The topological polar surface area (TPSA) is 20.2 Å². The van der Waals surface area contributed by atoms with E-state index in [1.165, 1.54) is 0 Å². The zero-order valence-corrected chi connectivity index (χ0v) is 12.0. The van der Waals surface area contributed by atoms with Crippen molar-refractivity contribution < 1.29 is 5.11 Å². The van der Waals surface area contributed by atoms with Crippen LogP contribution in [0.4, 0.5) is 0 Å². The van der Waals surface area contributed by atoms with Crippen molar-refractivity contribution in [2.24, 2.45) is 0 Å². The van der Waals surface area contributed by atoms with Gasteiger partial charge in [-0.25, -0.2) is 0 Å². The third-order valence-electron chi connectivity index (χ3n) is 2.29. The number of halogens is 2. The number of rotatable bonds is 3. The Morgan fingerprint density at radius 2 is 1.76 bits per heavy atom. The lowest BCUT2D eigenvalue weighted by atomic mass is 10.2. The van der Waals surface area contributed by atoms with E-state index < -0.39 is 0 Å². The molecule has 0 aliphatic heterocycles. The lowest BCUT2D eigenvalue weighted by Crippen LogP contribution is -1.89. The summed E-state index contributed by atoms with van der Waals surface area (Å²) in [6, 6.07) is 13.6. The maximum Gasteiger partial charge on any atom is 0.0707 e. The van der Waals surface area contributed by atoms with Crippen molar-refractivity contribution in [1.82, 2.24) is 0 Å². The fourth-order valence-electron chi connectivity index (χ4n) is 1.43. The summed E-state index contributed by atoms with van der Waals surface area (Å²) in [5.41, 5.74) is 0.773. The molecular formula is C13H10BrClOS. The fourth-order valence-corrected chi connectivity index (χ4v) is 3.25. The van der Waals surface area contributed by atoms with Gasteiger partial charge in [-0.2, -0.15) is 0 Å². The lowest BCUT2D eigenvalue weighted by Gasteiger charge is -2.09. The molecule has 0 saturated carbocycles. The van der Waals surface area contributed by atoms with Crippen molar-refractivity contribution in [2.75, 3.05) is 0 Å². The molecule has 0 bridgehead atoms. The summed E-state index contributed by atoms with van der Waals surface area (Å²) in [6.45, 7) is -0.0491. The molecule has 0 fully saturated rings. The average molecular weight is 330 g/mol. The minimum absolute atomic E-state index is 0.0491. The lowest BCUT2D eigenvalue weighted by molar-refractivity contribution is 0.279. The summed E-state index contributed by atoms with van der Waals surface area (Å²) in [5.74, 6) is 0. The second-order valence-electron chi connectivity index (χ2n) is 3.41. The van der Waals surface area contributed by atoms with Crippen LogP contribution in [0.3, 0.4) is 0 Å². The number of aliphatic hydroxyl groups excluding tert-OH is 1. The first-order valence-electron chi connectivity index (χ1n) is 5.03. The number of hydrogen-bond donors (Lipinski definition) is 1. The highest BCUT2D eigenvalue weighted by Crippen LogP contribution is 2.37. The molecule has 4 heteroatoms. The van der Waals surface area contributed by atoms with Gasteiger partial charge in [-0.1, -0.05) is 41.6 Å². The van der Waals surface area contributed by atoms with E-state index in [-0.39, 0.29) is 6.61 Å². The van der Waals surface area contributed by atoms with E-state index in [1.807, 2.05) is 36.4 Å². The molecule has 1 nitrogen and oxygen atoms in total. The van der Waals surface area contributed by atoms with Crippen molar-refractivity contribution in [2.45, 2.75) is 16.4 Å². The van der Waals surface area contributed by atoms with Gasteiger partial charge in [0.15, 0.2) is 0 Å². The molecule has 0 aliphatic carbocycles. The third kappa shape index (κ3) is 3.05. The maximum absolute atomic E-state index is 9.34. The maximum atomic E-state index is 9.34. The Morgan fingerprint density at radius 1 is 1.06 bits per heavy atom. The van der Waals surface area contributed by atoms with Gasteiger partial charge in [0.1, 0.15) is 0 Å². The zero-order valence-electron chi connectivity index (χ0n) is 8.86. The van der Waals surface area contributed by atoms with E-state index in [0.29, 0.717) is 5.02 Å². The quantitative estimate of drug-likeness (QED) is 0.877. The fraction of sp³-hybridized carbons (Fsp3) is 0.0769. The second-order valence-corrected chi connectivity index (χ2v) is 5.75. The molecule has 0 saturated heterocycles. The second kappa shape index (κ2) is 5.91. The van der Waals surface area contributed by atoms with Crippen LogP contribution in [0.15, 0.2) is 56.7 Å². The largest absolute Gasteiger partial charge is 0.392 e. The van der Waals surface area contributed by atoms with Gasteiger partial charge in [0.25, 0.3) is 0 Å².